The van der Waals surface area contributed by atoms with Crippen LogP contribution in [0.25, 0.3) is 16.9 Å². The molecule has 35 heavy (non-hydrogen) atoms. The fraction of sp³-hybridized carbons (Fsp3) is 0.423. The molecule has 0 amide bonds. The highest BCUT2D eigenvalue weighted by atomic mass is 16.1. The van der Waals surface area contributed by atoms with Crippen LogP contribution in [0, 0.1) is 0 Å². The molecule has 4 heterocycles. The Morgan fingerprint density at radius 1 is 1.11 bits per heavy atom. The van der Waals surface area contributed by atoms with E-state index in [1.54, 1.807) is 21.8 Å². The van der Waals surface area contributed by atoms with Crippen molar-refractivity contribution in [3.05, 3.63) is 64.0 Å². The van der Waals surface area contributed by atoms with Gasteiger partial charge in [0.2, 0.25) is 5.95 Å². The molecular formula is C26H28N8O. The Balaban J connectivity index is 1.30. The number of hydrogen-bond acceptors (Lipinski definition) is 7. The summed E-state index contributed by atoms with van der Waals surface area (Å²) in [5, 5.41) is 7.52. The number of aromatic nitrogens is 6. The first-order chi connectivity index (χ1) is 17.0. The summed E-state index contributed by atoms with van der Waals surface area (Å²) in [6.45, 7) is 5.63. The molecule has 4 aromatic rings. The number of nitrogens with zero attached hydrogens (tertiary/aromatic N) is 6. The molecule has 9 heteroatoms. The molecule has 0 unspecified atom stereocenters. The van der Waals surface area contributed by atoms with Gasteiger partial charge in [-0.1, -0.05) is 13.0 Å². The van der Waals surface area contributed by atoms with E-state index in [9.17, 15) is 4.79 Å². The van der Waals surface area contributed by atoms with E-state index in [1.807, 2.05) is 13.0 Å². The van der Waals surface area contributed by atoms with Crippen LogP contribution in [-0.4, -0.2) is 35.8 Å². The van der Waals surface area contributed by atoms with Crippen molar-refractivity contribution < 1.29 is 0 Å². The van der Waals surface area contributed by atoms with Gasteiger partial charge in [0.1, 0.15) is 11.2 Å². The maximum Gasteiger partial charge on any atom is 0.278 e. The lowest BCUT2D eigenvalue weighted by Gasteiger charge is -2.27. The number of fused-ring (bicyclic) bond motifs is 3. The quantitative estimate of drug-likeness (QED) is 0.463. The van der Waals surface area contributed by atoms with Crippen LogP contribution in [0.4, 0.5) is 11.6 Å². The highest BCUT2D eigenvalue weighted by molar-refractivity contribution is 5.77. The van der Waals surface area contributed by atoms with Gasteiger partial charge in [-0.15, -0.1) is 0 Å². The first-order valence-corrected chi connectivity index (χ1v) is 12.5. The molecule has 2 N–H and O–H groups in total. The third-order valence-corrected chi connectivity index (χ3v) is 7.86. The zero-order chi connectivity index (χ0) is 23.8. The Kier molecular flexibility index (Phi) is 4.27. The van der Waals surface area contributed by atoms with E-state index in [-0.39, 0.29) is 16.5 Å². The summed E-state index contributed by atoms with van der Waals surface area (Å²) in [4.78, 5) is 31.7. The lowest BCUT2D eigenvalue weighted by Crippen LogP contribution is -2.36. The van der Waals surface area contributed by atoms with E-state index in [2.05, 4.69) is 45.7 Å². The first kappa shape index (κ1) is 20.8. The van der Waals surface area contributed by atoms with Crippen LogP contribution >= 0.6 is 0 Å². The van der Waals surface area contributed by atoms with Crippen LogP contribution in [0.1, 0.15) is 56.5 Å². The average molecular weight is 469 g/mol. The molecule has 1 aromatic carbocycles. The summed E-state index contributed by atoms with van der Waals surface area (Å²) in [6, 6.07) is 8.36. The number of anilines is 2. The number of hydrogen-bond donors (Lipinski definition) is 2. The Morgan fingerprint density at radius 2 is 1.97 bits per heavy atom. The van der Waals surface area contributed by atoms with Crippen molar-refractivity contribution in [2.75, 3.05) is 11.9 Å². The third kappa shape index (κ3) is 3.21. The van der Waals surface area contributed by atoms with Crippen LogP contribution < -0.4 is 16.2 Å². The number of rotatable bonds is 5. The van der Waals surface area contributed by atoms with Crippen molar-refractivity contribution in [1.29, 1.82) is 0 Å². The fourth-order valence-electron chi connectivity index (χ4n) is 5.35. The summed E-state index contributed by atoms with van der Waals surface area (Å²) in [5.41, 5.74) is 4.40. The van der Waals surface area contributed by atoms with E-state index in [1.165, 1.54) is 24.0 Å². The van der Waals surface area contributed by atoms with Gasteiger partial charge in [0, 0.05) is 48.2 Å². The second kappa shape index (κ2) is 7.21. The zero-order valence-electron chi connectivity index (χ0n) is 20.0. The molecule has 3 aromatic heterocycles. The Labute approximate surface area is 202 Å². The highest BCUT2D eigenvalue weighted by Crippen LogP contribution is 2.49. The highest BCUT2D eigenvalue weighted by Gasteiger charge is 2.46. The first-order valence-electron chi connectivity index (χ1n) is 12.5. The van der Waals surface area contributed by atoms with E-state index in [4.69, 9.17) is 9.97 Å². The fourth-order valence-corrected chi connectivity index (χ4v) is 5.35. The SMILES string of the molecule is CCn1c(=O)c2cnc(Nc3ccc4c(c3)CCNC43CC3)nc2n1-c1ccnc(C2(C)CC2)n1. The van der Waals surface area contributed by atoms with Crippen LogP contribution in [0.5, 0.6) is 0 Å². The van der Waals surface area contributed by atoms with Crippen LogP contribution in [-0.2, 0) is 23.9 Å². The molecule has 9 nitrogen and oxygen atoms in total. The van der Waals surface area contributed by atoms with E-state index in [0.717, 1.165) is 37.3 Å². The van der Waals surface area contributed by atoms with Crippen molar-refractivity contribution in [3.8, 4) is 5.82 Å². The standard InChI is InChI=1S/C26H28N8O/c1-3-33-22(35)18-15-28-24(30-17-4-5-19-16(14-17)6-13-29-26(19)10-11-26)32-21(18)34(33)20-7-12-27-23(31-20)25(2)8-9-25/h4-5,7,12,14-15,29H,3,6,8-11,13H2,1-2H3,(H,28,30,32). The van der Waals surface area contributed by atoms with Gasteiger partial charge in [-0.25, -0.2) is 24.3 Å². The monoisotopic (exact) mass is 468 g/mol. The Bertz CT molecular complexity index is 1540. The molecule has 1 aliphatic heterocycles. The van der Waals surface area contributed by atoms with Gasteiger partial charge in [0.25, 0.3) is 5.56 Å². The maximum atomic E-state index is 13.1. The van der Waals surface area contributed by atoms with Gasteiger partial charge in [0.05, 0.1) is 0 Å². The molecule has 178 valence electrons. The molecule has 0 atom stereocenters. The summed E-state index contributed by atoms with van der Waals surface area (Å²) >= 11 is 0. The molecule has 2 saturated carbocycles. The Hall–Kier alpha value is -3.59. The van der Waals surface area contributed by atoms with Crippen molar-refractivity contribution in [3.63, 3.8) is 0 Å². The summed E-state index contributed by atoms with van der Waals surface area (Å²) in [5.74, 6) is 1.92. The predicted octanol–water partition coefficient (Wildman–Crippen LogP) is 3.32. The molecule has 0 radical (unpaired) electrons. The van der Waals surface area contributed by atoms with Gasteiger partial charge in [-0.2, -0.15) is 4.98 Å². The van der Waals surface area contributed by atoms with Crippen molar-refractivity contribution in [2.45, 2.75) is 63.5 Å². The van der Waals surface area contributed by atoms with Crippen LogP contribution in [0.15, 0.2) is 41.5 Å². The smallest absolute Gasteiger partial charge is 0.278 e. The summed E-state index contributed by atoms with van der Waals surface area (Å²) < 4.78 is 3.46. The van der Waals surface area contributed by atoms with Gasteiger partial charge in [-0.05, 0) is 62.3 Å². The number of nitrogens with one attached hydrogen (secondary N) is 2. The number of benzene rings is 1. The summed E-state index contributed by atoms with van der Waals surface area (Å²) in [6.07, 6.45) is 8.98. The zero-order valence-corrected chi connectivity index (χ0v) is 20.0. The molecule has 0 saturated heterocycles. The van der Waals surface area contributed by atoms with Crippen molar-refractivity contribution in [2.24, 2.45) is 0 Å². The summed E-state index contributed by atoms with van der Waals surface area (Å²) in [7, 11) is 0. The maximum absolute atomic E-state index is 13.1. The molecule has 3 aliphatic rings. The Morgan fingerprint density at radius 3 is 2.74 bits per heavy atom. The minimum Gasteiger partial charge on any atom is -0.324 e. The largest absolute Gasteiger partial charge is 0.324 e. The van der Waals surface area contributed by atoms with Crippen molar-refractivity contribution >= 4 is 22.7 Å². The van der Waals surface area contributed by atoms with Gasteiger partial charge in [-0.3, -0.25) is 4.79 Å². The van der Waals surface area contributed by atoms with Gasteiger partial charge >= 0.3 is 0 Å². The molecule has 2 fully saturated rings. The third-order valence-electron chi connectivity index (χ3n) is 7.86. The average Bonchev–Trinajstić information content (AvgIpc) is 3.79. The second-order valence-corrected chi connectivity index (χ2v) is 10.3. The lowest BCUT2D eigenvalue weighted by molar-refractivity contribution is 0.490. The minimum absolute atomic E-state index is 0.0268. The normalized spacial score (nSPS) is 19.0. The van der Waals surface area contributed by atoms with E-state index >= 15 is 0 Å². The molecular weight excluding hydrogens is 440 g/mol. The van der Waals surface area contributed by atoms with Gasteiger partial charge < -0.3 is 10.6 Å². The van der Waals surface area contributed by atoms with Crippen LogP contribution in [0.3, 0.4) is 0 Å². The predicted molar refractivity (Wildman–Crippen MR) is 133 cm³/mol. The molecule has 0 bridgehead atoms. The second-order valence-electron chi connectivity index (χ2n) is 10.3. The molecule has 2 aliphatic carbocycles. The minimum atomic E-state index is -0.122. The molecule has 7 rings (SSSR count). The topological polar surface area (TPSA) is 103 Å². The van der Waals surface area contributed by atoms with Crippen LogP contribution in [0.2, 0.25) is 0 Å². The lowest BCUT2D eigenvalue weighted by atomic mass is 9.92. The van der Waals surface area contributed by atoms with Crippen molar-refractivity contribution in [1.82, 2.24) is 34.6 Å². The van der Waals surface area contributed by atoms with E-state index in [0.29, 0.717) is 29.3 Å². The van der Waals surface area contributed by atoms with Gasteiger partial charge in [0.15, 0.2) is 11.5 Å². The molecule has 1 spiro atoms. The van der Waals surface area contributed by atoms with E-state index < -0.39 is 0 Å².